The van der Waals surface area contributed by atoms with Crippen LogP contribution in [0.4, 0.5) is 0 Å². The smallest absolute Gasteiger partial charge is 0.339 e. The number of carbonyl (C=O) groups is 2. The Balaban J connectivity index is 0.989. The van der Waals surface area contributed by atoms with Crippen molar-refractivity contribution in [1.82, 2.24) is 4.90 Å². The molecule has 11 heteroatoms. The van der Waals surface area contributed by atoms with Gasteiger partial charge in [0.05, 0.1) is 52.3 Å². The Kier molecular flexibility index (Phi) is 14.4. The molecule has 0 aliphatic carbocycles. The molecule has 57 heavy (non-hydrogen) atoms. The molecular formula is C46H49NO10. The lowest BCUT2D eigenvalue weighted by Crippen LogP contribution is -2.29. The van der Waals surface area contributed by atoms with Crippen molar-refractivity contribution in [3.8, 4) is 23.0 Å². The first kappa shape index (κ1) is 40.6. The maximum absolute atomic E-state index is 13.5. The molecule has 0 saturated heterocycles. The monoisotopic (exact) mass is 775 g/mol. The van der Waals surface area contributed by atoms with E-state index in [4.69, 9.17) is 32.8 Å². The van der Waals surface area contributed by atoms with Crippen LogP contribution in [0.1, 0.15) is 59.2 Å². The van der Waals surface area contributed by atoms with E-state index >= 15 is 0 Å². The first-order valence-corrected chi connectivity index (χ1v) is 19.3. The summed E-state index contributed by atoms with van der Waals surface area (Å²) in [5.74, 6) is 1.06. The largest absolute Gasteiger partial charge is 0.493 e. The average molecular weight is 776 g/mol. The molecule has 5 aromatic carbocycles. The molecule has 0 unspecified atom stereocenters. The van der Waals surface area contributed by atoms with E-state index in [2.05, 4.69) is 11.0 Å². The highest BCUT2D eigenvalue weighted by molar-refractivity contribution is 6.16. The third kappa shape index (κ3) is 10.6. The van der Waals surface area contributed by atoms with Crippen molar-refractivity contribution < 1.29 is 42.4 Å². The van der Waals surface area contributed by atoms with Gasteiger partial charge in [0, 0.05) is 30.6 Å². The minimum Gasteiger partial charge on any atom is -0.493 e. The summed E-state index contributed by atoms with van der Waals surface area (Å²) < 4.78 is 38.8. The van der Waals surface area contributed by atoms with Crippen molar-refractivity contribution in [2.24, 2.45) is 0 Å². The lowest BCUT2D eigenvalue weighted by Gasteiger charge is -2.22. The van der Waals surface area contributed by atoms with Crippen LogP contribution in [0.25, 0.3) is 32.5 Å². The Hall–Kier alpha value is -6.07. The Bertz CT molecular complexity index is 2270. The van der Waals surface area contributed by atoms with Crippen molar-refractivity contribution >= 4 is 44.5 Å². The summed E-state index contributed by atoms with van der Waals surface area (Å²) in [4.78, 5) is 40.4. The van der Waals surface area contributed by atoms with E-state index < -0.39 is 11.6 Å². The van der Waals surface area contributed by atoms with E-state index in [-0.39, 0.29) is 5.97 Å². The van der Waals surface area contributed by atoms with Gasteiger partial charge in [-0.2, -0.15) is 0 Å². The van der Waals surface area contributed by atoms with Crippen LogP contribution < -0.4 is 24.6 Å². The van der Waals surface area contributed by atoms with Gasteiger partial charge in [-0.15, -0.1) is 0 Å². The first-order chi connectivity index (χ1) is 27.9. The van der Waals surface area contributed by atoms with Crippen LogP contribution in [0.5, 0.6) is 23.0 Å². The Morgan fingerprint density at radius 3 is 1.86 bits per heavy atom. The molecule has 0 bridgehead atoms. The van der Waals surface area contributed by atoms with Crippen LogP contribution in [0.3, 0.4) is 0 Å². The van der Waals surface area contributed by atoms with Gasteiger partial charge in [-0.25, -0.2) is 14.4 Å². The van der Waals surface area contributed by atoms with Gasteiger partial charge in [0.25, 0.3) is 0 Å². The van der Waals surface area contributed by atoms with Crippen LogP contribution in [-0.4, -0.2) is 77.6 Å². The number of unbranched alkanes of at least 4 members (excludes halogenated alkanes) is 3. The van der Waals surface area contributed by atoms with E-state index in [1.807, 2.05) is 60.7 Å². The number of benzene rings is 5. The molecule has 1 aromatic heterocycles. The van der Waals surface area contributed by atoms with Crippen molar-refractivity contribution in [3.63, 3.8) is 0 Å². The molecule has 0 atom stereocenters. The fourth-order valence-electron chi connectivity index (χ4n) is 6.94. The molecule has 0 N–H and O–H groups in total. The van der Waals surface area contributed by atoms with Crippen LogP contribution in [0.15, 0.2) is 106 Å². The number of methoxy groups -OCH3 is 3. The molecule has 0 saturated carbocycles. The number of hydrogen-bond acceptors (Lipinski definition) is 11. The van der Waals surface area contributed by atoms with E-state index in [0.717, 1.165) is 78.7 Å². The molecule has 6 rings (SSSR count). The standard InChI is InChI=1S/C46H49NO10/c1-51-40-29-35(30-41(52-2)44(40)53-3)45(49)55-25-11-5-4-10-22-47(23-12-26-54-36-20-18-32-19-21-42(48)57-39(32)31-36)24-13-27-56-46(50)43-37-16-8-6-14-33(37)28-34-15-7-9-17-38(34)43/h6-9,14-21,28-31H,4-5,10-13,22-27H2,1-3H3. The number of nitrogens with zero attached hydrogens (tertiary/aromatic N) is 1. The quantitative estimate of drug-likeness (QED) is 0.0302. The first-order valence-electron chi connectivity index (χ1n) is 19.3. The fourth-order valence-corrected chi connectivity index (χ4v) is 6.94. The zero-order chi connectivity index (χ0) is 40.0. The molecule has 1 heterocycles. The molecule has 11 nitrogen and oxygen atoms in total. The van der Waals surface area contributed by atoms with E-state index in [0.29, 0.717) is 65.9 Å². The molecular weight excluding hydrogens is 727 g/mol. The van der Waals surface area contributed by atoms with Crippen LogP contribution >= 0.6 is 0 Å². The maximum atomic E-state index is 13.5. The summed E-state index contributed by atoms with van der Waals surface area (Å²) in [6, 6.07) is 29.7. The number of esters is 2. The van der Waals surface area contributed by atoms with Crippen LogP contribution in [0.2, 0.25) is 0 Å². The second-order valence-corrected chi connectivity index (χ2v) is 13.6. The predicted octanol–water partition coefficient (Wildman–Crippen LogP) is 8.86. The summed E-state index contributed by atoms with van der Waals surface area (Å²) in [5.41, 5.74) is 1.01. The third-order valence-corrected chi connectivity index (χ3v) is 9.81. The van der Waals surface area contributed by atoms with Gasteiger partial charge in [0.1, 0.15) is 11.3 Å². The molecule has 6 aromatic rings. The Morgan fingerprint density at radius 1 is 0.579 bits per heavy atom. The molecule has 0 fully saturated rings. The lowest BCUT2D eigenvalue weighted by molar-refractivity contribution is 0.0482. The Morgan fingerprint density at radius 2 is 1.18 bits per heavy atom. The average Bonchev–Trinajstić information content (AvgIpc) is 3.23. The molecule has 298 valence electrons. The third-order valence-electron chi connectivity index (χ3n) is 9.81. The van der Waals surface area contributed by atoms with E-state index in [1.165, 1.54) is 27.4 Å². The highest BCUT2D eigenvalue weighted by Gasteiger charge is 2.19. The minimum atomic E-state index is -0.453. The van der Waals surface area contributed by atoms with Crippen molar-refractivity contribution in [2.45, 2.75) is 38.5 Å². The summed E-state index contributed by atoms with van der Waals surface area (Å²) in [5, 5.41) is 4.60. The molecule has 0 amide bonds. The molecule has 0 aliphatic heterocycles. The summed E-state index contributed by atoms with van der Waals surface area (Å²) in [6.07, 6.45) is 4.99. The van der Waals surface area contributed by atoms with Gasteiger partial charge in [0.2, 0.25) is 5.75 Å². The SMILES string of the molecule is COc1cc(C(=O)OCCCCCCN(CCCOC(=O)c2c3ccccc3cc3ccccc23)CCCOc2ccc3ccc(=O)oc3c2)cc(OC)c1OC. The topological polar surface area (TPSA) is 123 Å². The number of ether oxygens (including phenoxy) is 6. The number of hydrogen-bond donors (Lipinski definition) is 0. The van der Waals surface area contributed by atoms with E-state index in [1.54, 1.807) is 24.3 Å². The molecule has 0 spiro atoms. The fraction of sp³-hybridized carbons (Fsp3) is 0.326. The zero-order valence-electron chi connectivity index (χ0n) is 32.8. The van der Waals surface area contributed by atoms with Crippen molar-refractivity contribution in [1.29, 1.82) is 0 Å². The normalized spacial score (nSPS) is 11.2. The van der Waals surface area contributed by atoms with E-state index in [9.17, 15) is 14.4 Å². The van der Waals surface area contributed by atoms with Gasteiger partial charge in [0.15, 0.2) is 11.5 Å². The predicted molar refractivity (Wildman–Crippen MR) is 220 cm³/mol. The Labute approximate surface area is 332 Å². The van der Waals surface area contributed by atoms with Gasteiger partial charge in [-0.3, -0.25) is 0 Å². The second kappa shape index (κ2) is 20.2. The zero-order valence-corrected chi connectivity index (χ0v) is 32.8. The van der Waals surface area contributed by atoms with Crippen molar-refractivity contribution in [3.05, 3.63) is 119 Å². The van der Waals surface area contributed by atoms with Crippen LogP contribution in [0, 0.1) is 0 Å². The molecule has 0 radical (unpaired) electrons. The number of rotatable bonds is 21. The van der Waals surface area contributed by atoms with Gasteiger partial charge in [-0.1, -0.05) is 61.4 Å². The van der Waals surface area contributed by atoms with Crippen molar-refractivity contribution in [2.75, 3.05) is 60.8 Å². The van der Waals surface area contributed by atoms with Crippen LogP contribution in [-0.2, 0) is 9.47 Å². The lowest BCUT2D eigenvalue weighted by atomic mass is 9.97. The van der Waals surface area contributed by atoms with Gasteiger partial charge < -0.3 is 37.7 Å². The second-order valence-electron chi connectivity index (χ2n) is 13.6. The number of carbonyl (C=O) groups excluding carboxylic acids is 2. The summed E-state index contributed by atoms with van der Waals surface area (Å²) in [6.45, 7) is 3.47. The highest BCUT2D eigenvalue weighted by Crippen LogP contribution is 2.38. The summed E-state index contributed by atoms with van der Waals surface area (Å²) >= 11 is 0. The van der Waals surface area contributed by atoms with Gasteiger partial charge >= 0.3 is 17.6 Å². The summed E-state index contributed by atoms with van der Waals surface area (Å²) in [7, 11) is 4.51. The number of fused-ring (bicyclic) bond motifs is 3. The molecule has 0 aliphatic rings. The van der Waals surface area contributed by atoms with Gasteiger partial charge in [-0.05, 0) is 90.2 Å². The maximum Gasteiger partial charge on any atom is 0.339 e. The highest BCUT2D eigenvalue weighted by atomic mass is 16.5. The minimum absolute atomic E-state index is 0.295.